The zero-order valence-corrected chi connectivity index (χ0v) is 7.64. The highest BCUT2D eigenvalue weighted by Crippen LogP contribution is 2.30. The molecule has 1 aromatic heterocycles. The second-order valence-corrected chi connectivity index (χ2v) is 3.55. The molecule has 0 amide bonds. The van der Waals surface area contributed by atoms with Crippen LogP contribution < -0.4 is 5.56 Å². The van der Waals surface area contributed by atoms with Crippen LogP contribution in [0.3, 0.4) is 0 Å². The van der Waals surface area contributed by atoms with Crippen molar-refractivity contribution < 1.29 is 9.90 Å². The van der Waals surface area contributed by atoms with Gasteiger partial charge in [0, 0.05) is 18.3 Å². The summed E-state index contributed by atoms with van der Waals surface area (Å²) in [5, 5.41) is 8.76. The van der Waals surface area contributed by atoms with Crippen LogP contribution in [0.2, 0.25) is 0 Å². The van der Waals surface area contributed by atoms with E-state index in [1.807, 2.05) is 0 Å². The SMILES string of the molecule is O=C(O)c1ccc(=O)n(C2CCC2)c1. The van der Waals surface area contributed by atoms with Crippen molar-refractivity contribution in [2.24, 2.45) is 0 Å². The second-order valence-electron chi connectivity index (χ2n) is 3.55. The number of aromatic nitrogens is 1. The van der Waals surface area contributed by atoms with E-state index in [0.29, 0.717) is 0 Å². The Bertz CT molecular complexity index is 418. The monoisotopic (exact) mass is 193 g/mol. The van der Waals surface area contributed by atoms with Crippen molar-refractivity contribution in [2.45, 2.75) is 25.3 Å². The smallest absolute Gasteiger partial charge is 0.337 e. The predicted molar refractivity (Wildman–Crippen MR) is 50.5 cm³/mol. The molecule has 0 aromatic carbocycles. The van der Waals surface area contributed by atoms with Gasteiger partial charge >= 0.3 is 5.97 Å². The minimum atomic E-state index is -0.988. The molecule has 1 aliphatic carbocycles. The Kier molecular flexibility index (Phi) is 2.11. The molecule has 1 heterocycles. The summed E-state index contributed by atoms with van der Waals surface area (Å²) < 4.78 is 1.53. The number of carboxylic acid groups (broad SMARTS) is 1. The van der Waals surface area contributed by atoms with Gasteiger partial charge in [0.05, 0.1) is 5.56 Å². The summed E-state index contributed by atoms with van der Waals surface area (Å²) in [5.41, 5.74) is 0.0659. The Labute approximate surface area is 80.8 Å². The van der Waals surface area contributed by atoms with Gasteiger partial charge in [-0.3, -0.25) is 4.79 Å². The number of hydrogen-bond donors (Lipinski definition) is 1. The van der Waals surface area contributed by atoms with Crippen molar-refractivity contribution in [3.05, 3.63) is 34.2 Å². The van der Waals surface area contributed by atoms with Crippen LogP contribution in [0.4, 0.5) is 0 Å². The third kappa shape index (κ3) is 1.43. The molecule has 0 saturated heterocycles. The van der Waals surface area contributed by atoms with E-state index in [0.717, 1.165) is 19.3 Å². The fourth-order valence-corrected chi connectivity index (χ4v) is 1.58. The van der Waals surface area contributed by atoms with Crippen molar-refractivity contribution in [3.8, 4) is 0 Å². The van der Waals surface area contributed by atoms with Gasteiger partial charge in [-0.05, 0) is 25.3 Å². The fourth-order valence-electron chi connectivity index (χ4n) is 1.58. The fraction of sp³-hybridized carbons (Fsp3) is 0.400. The van der Waals surface area contributed by atoms with E-state index in [1.54, 1.807) is 0 Å². The number of hydrogen-bond acceptors (Lipinski definition) is 2. The van der Waals surface area contributed by atoms with Crippen LogP contribution in [-0.2, 0) is 0 Å². The molecule has 0 aliphatic heterocycles. The lowest BCUT2D eigenvalue weighted by Crippen LogP contribution is -2.28. The van der Waals surface area contributed by atoms with E-state index < -0.39 is 5.97 Å². The van der Waals surface area contributed by atoms with Crippen molar-refractivity contribution >= 4 is 5.97 Å². The minimum Gasteiger partial charge on any atom is -0.478 e. The van der Waals surface area contributed by atoms with Gasteiger partial charge in [0.2, 0.25) is 0 Å². The summed E-state index contributed by atoms with van der Waals surface area (Å²) in [5.74, 6) is -0.988. The maximum absolute atomic E-state index is 11.4. The first kappa shape index (κ1) is 8.99. The van der Waals surface area contributed by atoms with Crippen molar-refractivity contribution in [2.75, 3.05) is 0 Å². The quantitative estimate of drug-likeness (QED) is 0.769. The molecule has 1 N–H and O–H groups in total. The van der Waals surface area contributed by atoms with Crippen LogP contribution in [-0.4, -0.2) is 15.6 Å². The number of rotatable bonds is 2. The van der Waals surface area contributed by atoms with Crippen LogP contribution in [0.1, 0.15) is 35.7 Å². The molecule has 2 rings (SSSR count). The number of nitrogens with zero attached hydrogens (tertiary/aromatic N) is 1. The Balaban J connectivity index is 2.41. The average molecular weight is 193 g/mol. The summed E-state index contributed by atoms with van der Waals surface area (Å²) in [7, 11) is 0. The van der Waals surface area contributed by atoms with E-state index in [1.165, 1.54) is 22.9 Å². The second kappa shape index (κ2) is 3.29. The lowest BCUT2D eigenvalue weighted by atomic mass is 9.92. The molecular formula is C10H11NO3. The third-order valence-corrected chi connectivity index (χ3v) is 2.65. The number of carbonyl (C=O) groups is 1. The molecule has 4 nitrogen and oxygen atoms in total. The molecule has 1 aromatic rings. The van der Waals surface area contributed by atoms with Crippen molar-refractivity contribution in [1.82, 2.24) is 4.57 Å². The molecule has 0 radical (unpaired) electrons. The molecular weight excluding hydrogens is 182 g/mol. The lowest BCUT2D eigenvalue weighted by Gasteiger charge is -2.27. The van der Waals surface area contributed by atoms with Gasteiger partial charge in [-0.25, -0.2) is 4.79 Å². The zero-order chi connectivity index (χ0) is 10.1. The Hall–Kier alpha value is -1.58. The Morgan fingerprint density at radius 1 is 1.43 bits per heavy atom. The molecule has 4 heteroatoms. The van der Waals surface area contributed by atoms with Gasteiger partial charge in [0.15, 0.2) is 0 Å². The summed E-state index contributed by atoms with van der Waals surface area (Å²) >= 11 is 0. The largest absolute Gasteiger partial charge is 0.478 e. The van der Waals surface area contributed by atoms with Crippen LogP contribution in [0.5, 0.6) is 0 Å². The highest BCUT2D eigenvalue weighted by Gasteiger charge is 2.20. The molecule has 0 atom stereocenters. The minimum absolute atomic E-state index is 0.111. The Morgan fingerprint density at radius 2 is 2.14 bits per heavy atom. The molecule has 0 bridgehead atoms. The summed E-state index contributed by atoms with van der Waals surface area (Å²) in [6.07, 6.45) is 4.51. The average Bonchev–Trinajstić information content (AvgIpc) is 2.05. The van der Waals surface area contributed by atoms with Crippen LogP contribution >= 0.6 is 0 Å². The van der Waals surface area contributed by atoms with Gasteiger partial charge < -0.3 is 9.67 Å². The Morgan fingerprint density at radius 3 is 2.64 bits per heavy atom. The third-order valence-electron chi connectivity index (χ3n) is 2.65. The van der Waals surface area contributed by atoms with Gasteiger partial charge in [0.25, 0.3) is 5.56 Å². The first-order valence-electron chi connectivity index (χ1n) is 4.64. The van der Waals surface area contributed by atoms with Crippen LogP contribution in [0, 0.1) is 0 Å². The van der Waals surface area contributed by atoms with Crippen LogP contribution in [0.15, 0.2) is 23.1 Å². The first-order valence-corrected chi connectivity index (χ1v) is 4.64. The molecule has 0 spiro atoms. The van der Waals surface area contributed by atoms with Crippen molar-refractivity contribution in [1.29, 1.82) is 0 Å². The maximum atomic E-state index is 11.4. The van der Waals surface area contributed by atoms with E-state index >= 15 is 0 Å². The number of aromatic carboxylic acids is 1. The van der Waals surface area contributed by atoms with E-state index in [2.05, 4.69) is 0 Å². The summed E-state index contributed by atoms with van der Waals surface area (Å²) in [6, 6.07) is 2.88. The van der Waals surface area contributed by atoms with Gasteiger partial charge in [-0.2, -0.15) is 0 Å². The van der Waals surface area contributed by atoms with E-state index in [9.17, 15) is 9.59 Å². The molecule has 1 fully saturated rings. The summed E-state index contributed by atoms with van der Waals surface area (Å²) in [4.78, 5) is 22.1. The highest BCUT2D eigenvalue weighted by atomic mass is 16.4. The number of pyridine rings is 1. The topological polar surface area (TPSA) is 59.3 Å². The predicted octanol–water partition coefficient (Wildman–Crippen LogP) is 1.27. The van der Waals surface area contributed by atoms with Crippen LogP contribution in [0.25, 0.3) is 0 Å². The normalized spacial score (nSPS) is 16.3. The molecule has 14 heavy (non-hydrogen) atoms. The standard InChI is InChI=1S/C10H11NO3/c12-9-5-4-7(10(13)14)6-11(9)8-2-1-3-8/h4-6,8H,1-3H2,(H,13,14). The zero-order valence-electron chi connectivity index (χ0n) is 7.64. The first-order chi connectivity index (χ1) is 6.68. The maximum Gasteiger partial charge on any atom is 0.337 e. The van der Waals surface area contributed by atoms with Crippen molar-refractivity contribution in [3.63, 3.8) is 0 Å². The van der Waals surface area contributed by atoms with E-state index in [-0.39, 0.29) is 17.2 Å². The lowest BCUT2D eigenvalue weighted by molar-refractivity contribution is 0.0695. The summed E-state index contributed by atoms with van der Waals surface area (Å²) in [6.45, 7) is 0. The highest BCUT2D eigenvalue weighted by molar-refractivity contribution is 5.87. The molecule has 0 unspecified atom stereocenters. The van der Waals surface area contributed by atoms with Gasteiger partial charge in [0.1, 0.15) is 0 Å². The number of carboxylic acids is 1. The molecule has 1 saturated carbocycles. The van der Waals surface area contributed by atoms with Gasteiger partial charge in [-0.1, -0.05) is 0 Å². The van der Waals surface area contributed by atoms with E-state index in [4.69, 9.17) is 5.11 Å². The molecule has 74 valence electrons. The van der Waals surface area contributed by atoms with Gasteiger partial charge in [-0.15, -0.1) is 0 Å². The molecule has 1 aliphatic rings.